The molecule has 2 heterocycles. The normalized spacial score (nSPS) is 17.6. The first-order chi connectivity index (χ1) is 10.2. The Balaban J connectivity index is 1.88. The second kappa shape index (κ2) is 7.61. The molecule has 1 unspecified atom stereocenters. The molecule has 0 aromatic carbocycles. The third-order valence-corrected chi connectivity index (χ3v) is 4.86. The van der Waals surface area contributed by atoms with E-state index in [1.165, 1.54) is 24.0 Å². The lowest BCUT2D eigenvalue weighted by molar-refractivity contribution is -0.124. The summed E-state index contributed by atoms with van der Waals surface area (Å²) in [4.78, 5) is 30.4. The van der Waals surface area contributed by atoms with Crippen LogP contribution in [0.2, 0.25) is 0 Å². The van der Waals surface area contributed by atoms with Gasteiger partial charge in [-0.15, -0.1) is 0 Å². The van der Waals surface area contributed by atoms with Crippen LogP contribution < -0.4 is 10.9 Å². The number of rotatable bonds is 6. The third-order valence-electron chi connectivity index (χ3n) is 3.71. The van der Waals surface area contributed by atoms with Crippen molar-refractivity contribution in [3.8, 4) is 0 Å². The predicted octanol–water partition coefficient (Wildman–Crippen LogP) is 0.423. The van der Waals surface area contributed by atoms with E-state index in [4.69, 9.17) is 0 Å². The van der Waals surface area contributed by atoms with E-state index in [0.717, 1.165) is 19.6 Å². The van der Waals surface area contributed by atoms with Gasteiger partial charge in [0.25, 0.3) is 5.56 Å². The summed E-state index contributed by atoms with van der Waals surface area (Å²) in [5, 5.41) is 3.68. The number of amides is 1. The molecule has 6 nitrogen and oxygen atoms in total. The first kappa shape index (κ1) is 16.0. The van der Waals surface area contributed by atoms with Crippen LogP contribution in [0.4, 0.5) is 0 Å². The van der Waals surface area contributed by atoms with E-state index >= 15 is 0 Å². The number of fused-ring (bicyclic) bond motifs is 1. The zero-order valence-corrected chi connectivity index (χ0v) is 13.4. The number of carbonyl (C=O) groups excluding carboxylic acids is 1. The number of aromatic nitrogens is 2. The van der Waals surface area contributed by atoms with Crippen molar-refractivity contribution in [3.05, 3.63) is 22.6 Å². The highest BCUT2D eigenvalue weighted by Gasteiger charge is 2.26. The average Bonchev–Trinajstić information content (AvgIpc) is 2.51. The standard InChI is InChI=1S/C14H22N4O2S/c1-3-17(4-2)8-7-15-13(20)11-9-18-12(19)5-6-16-14(18)21-10-11/h5-6,11H,3-4,7-10H2,1-2H3,(H,15,20). The summed E-state index contributed by atoms with van der Waals surface area (Å²) in [5.74, 6) is 0.533. The molecule has 0 saturated heterocycles. The predicted molar refractivity (Wildman–Crippen MR) is 83.5 cm³/mol. The van der Waals surface area contributed by atoms with Gasteiger partial charge in [0.2, 0.25) is 5.91 Å². The number of thioether (sulfide) groups is 1. The number of nitrogens with one attached hydrogen (secondary N) is 1. The molecule has 1 aliphatic rings. The molecule has 7 heteroatoms. The second-order valence-electron chi connectivity index (χ2n) is 5.00. The second-order valence-corrected chi connectivity index (χ2v) is 5.99. The summed E-state index contributed by atoms with van der Waals surface area (Å²) in [6.45, 7) is 8.12. The molecule has 0 radical (unpaired) electrons. The Bertz CT molecular complexity index is 542. The monoisotopic (exact) mass is 310 g/mol. The first-order valence-electron chi connectivity index (χ1n) is 7.34. The van der Waals surface area contributed by atoms with Crippen LogP contribution in [0.3, 0.4) is 0 Å². The van der Waals surface area contributed by atoms with E-state index in [0.29, 0.717) is 24.0 Å². The molecule has 116 valence electrons. The van der Waals surface area contributed by atoms with Gasteiger partial charge in [-0.3, -0.25) is 14.2 Å². The minimum atomic E-state index is -0.166. The number of hydrogen-bond donors (Lipinski definition) is 1. The summed E-state index contributed by atoms with van der Waals surface area (Å²) >= 11 is 1.47. The van der Waals surface area contributed by atoms with Crippen LogP contribution in [0, 0.1) is 5.92 Å². The molecule has 0 spiro atoms. The largest absolute Gasteiger partial charge is 0.354 e. The Hall–Kier alpha value is -1.34. The summed E-state index contributed by atoms with van der Waals surface area (Å²) in [6, 6.07) is 1.44. The van der Waals surface area contributed by atoms with Gasteiger partial charge < -0.3 is 10.2 Å². The molecule has 1 aromatic rings. The van der Waals surface area contributed by atoms with Crippen LogP contribution in [0.25, 0.3) is 0 Å². The fourth-order valence-corrected chi connectivity index (χ4v) is 3.39. The summed E-state index contributed by atoms with van der Waals surface area (Å²) in [5.41, 5.74) is -0.0897. The zero-order chi connectivity index (χ0) is 15.2. The fraction of sp³-hybridized carbons (Fsp3) is 0.643. The molecule has 2 rings (SSSR count). The molecule has 0 fully saturated rings. The highest BCUT2D eigenvalue weighted by Crippen LogP contribution is 2.24. The van der Waals surface area contributed by atoms with Crippen molar-refractivity contribution in [2.24, 2.45) is 5.92 Å². The number of nitrogens with zero attached hydrogens (tertiary/aromatic N) is 3. The molecule has 0 bridgehead atoms. The van der Waals surface area contributed by atoms with Crippen molar-refractivity contribution in [1.82, 2.24) is 19.8 Å². The average molecular weight is 310 g/mol. The Morgan fingerprint density at radius 2 is 2.29 bits per heavy atom. The molecule has 1 atom stereocenters. The highest BCUT2D eigenvalue weighted by molar-refractivity contribution is 7.99. The van der Waals surface area contributed by atoms with E-state index in [1.54, 1.807) is 4.57 Å². The summed E-state index contributed by atoms with van der Waals surface area (Å²) in [6.07, 6.45) is 1.52. The fourth-order valence-electron chi connectivity index (χ4n) is 2.33. The summed E-state index contributed by atoms with van der Waals surface area (Å²) < 4.78 is 1.59. The van der Waals surface area contributed by atoms with Crippen molar-refractivity contribution >= 4 is 17.7 Å². The Labute approximate surface area is 128 Å². The van der Waals surface area contributed by atoms with Crippen molar-refractivity contribution < 1.29 is 4.79 Å². The van der Waals surface area contributed by atoms with Gasteiger partial charge in [-0.1, -0.05) is 25.6 Å². The molecule has 0 saturated carbocycles. The van der Waals surface area contributed by atoms with Crippen molar-refractivity contribution in [1.29, 1.82) is 0 Å². The van der Waals surface area contributed by atoms with Gasteiger partial charge >= 0.3 is 0 Å². The van der Waals surface area contributed by atoms with Gasteiger partial charge in [0, 0.05) is 37.7 Å². The Morgan fingerprint density at radius 1 is 1.52 bits per heavy atom. The van der Waals surface area contributed by atoms with Gasteiger partial charge in [0.05, 0.1) is 5.92 Å². The van der Waals surface area contributed by atoms with Gasteiger partial charge in [0.1, 0.15) is 0 Å². The van der Waals surface area contributed by atoms with Gasteiger partial charge in [0.15, 0.2) is 5.16 Å². The van der Waals surface area contributed by atoms with Crippen LogP contribution in [0.1, 0.15) is 13.8 Å². The molecule has 1 N–H and O–H groups in total. The lowest BCUT2D eigenvalue weighted by Crippen LogP contribution is -2.42. The highest BCUT2D eigenvalue weighted by atomic mass is 32.2. The minimum Gasteiger partial charge on any atom is -0.354 e. The molecule has 0 aliphatic carbocycles. The third kappa shape index (κ3) is 4.07. The Morgan fingerprint density at radius 3 is 3.00 bits per heavy atom. The van der Waals surface area contributed by atoms with Gasteiger partial charge in [-0.05, 0) is 13.1 Å². The molecule has 1 aromatic heterocycles. The van der Waals surface area contributed by atoms with Crippen LogP contribution in [0.15, 0.2) is 22.2 Å². The maximum absolute atomic E-state index is 12.2. The lowest BCUT2D eigenvalue weighted by atomic mass is 10.1. The topological polar surface area (TPSA) is 67.2 Å². The molecule has 1 aliphatic heterocycles. The van der Waals surface area contributed by atoms with E-state index < -0.39 is 0 Å². The number of likely N-dealkylation sites (N-methyl/N-ethyl adjacent to an activating group) is 1. The summed E-state index contributed by atoms with van der Waals surface area (Å²) in [7, 11) is 0. The SMILES string of the molecule is CCN(CC)CCNC(=O)C1CSc2nccc(=O)n2C1. The Kier molecular flexibility index (Phi) is 5.81. The number of hydrogen-bond acceptors (Lipinski definition) is 5. The van der Waals surface area contributed by atoms with E-state index in [-0.39, 0.29) is 17.4 Å². The van der Waals surface area contributed by atoms with Crippen molar-refractivity contribution in [2.45, 2.75) is 25.5 Å². The van der Waals surface area contributed by atoms with Crippen molar-refractivity contribution in [2.75, 3.05) is 31.9 Å². The van der Waals surface area contributed by atoms with E-state index in [9.17, 15) is 9.59 Å². The van der Waals surface area contributed by atoms with Crippen LogP contribution in [-0.2, 0) is 11.3 Å². The van der Waals surface area contributed by atoms with Crippen LogP contribution in [-0.4, -0.2) is 52.3 Å². The van der Waals surface area contributed by atoms with E-state index in [2.05, 4.69) is 29.0 Å². The smallest absolute Gasteiger partial charge is 0.254 e. The molecule has 1 amide bonds. The molecular formula is C14H22N4O2S. The van der Waals surface area contributed by atoms with Crippen LogP contribution >= 0.6 is 11.8 Å². The molecular weight excluding hydrogens is 288 g/mol. The van der Waals surface area contributed by atoms with Crippen LogP contribution in [0.5, 0.6) is 0 Å². The number of carbonyl (C=O) groups is 1. The maximum Gasteiger partial charge on any atom is 0.254 e. The van der Waals surface area contributed by atoms with E-state index in [1.807, 2.05) is 0 Å². The lowest BCUT2D eigenvalue weighted by Gasteiger charge is -2.24. The minimum absolute atomic E-state index is 0.0241. The first-order valence-corrected chi connectivity index (χ1v) is 8.33. The maximum atomic E-state index is 12.2. The van der Waals surface area contributed by atoms with Crippen molar-refractivity contribution in [3.63, 3.8) is 0 Å². The zero-order valence-electron chi connectivity index (χ0n) is 12.5. The van der Waals surface area contributed by atoms with Gasteiger partial charge in [-0.2, -0.15) is 0 Å². The molecule has 21 heavy (non-hydrogen) atoms. The quantitative estimate of drug-likeness (QED) is 0.772. The van der Waals surface area contributed by atoms with Gasteiger partial charge in [-0.25, -0.2) is 4.98 Å².